The molecule has 2 rings (SSSR count). The molecule has 0 aromatic heterocycles. The maximum atomic E-state index is 14.1. The van der Waals surface area contributed by atoms with E-state index in [-0.39, 0.29) is 11.6 Å². The first-order valence-electron chi connectivity index (χ1n) is 8.28. The largest absolute Gasteiger partial charge is 0.335 e. The van der Waals surface area contributed by atoms with Gasteiger partial charge in [0.1, 0.15) is 23.7 Å². The fourth-order valence-corrected chi connectivity index (χ4v) is 2.58. The third-order valence-electron chi connectivity index (χ3n) is 4.29. The van der Waals surface area contributed by atoms with Crippen molar-refractivity contribution in [1.82, 2.24) is 20.9 Å². The first kappa shape index (κ1) is 20.3. The molecule has 146 valence electrons. The van der Waals surface area contributed by atoms with Crippen molar-refractivity contribution < 1.29 is 28.0 Å². The number of hydrogen-bond acceptors (Lipinski definition) is 4. The van der Waals surface area contributed by atoms with Gasteiger partial charge in [-0.1, -0.05) is 6.92 Å². The molecule has 0 bridgehead atoms. The molecular weight excluding hydrogens is 362 g/mol. The summed E-state index contributed by atoms with van der Waals surface area (Å²) in [6.07, 6.45) is 0.645. The van der Waals surface area contributed by atoms with Crippen LogP contribution in [-0.2, 0) is 15.1 Å². The Hall–Kier alpha value is -3.04. The van der Waals surface area contributed by atoms with Crippen molar-refractivity contribution in [1.29, 1.82) is 0 Å². The van der Waals surface area contributed by atoms with Crippen LogP contribution in [0.4, 0.5) is 18.4 Å². The van der Waals surface area contributed by atoms with Crippen LogP contribution in [0.25, 0.3) is 0 Å². The summed E-state index contributed by atoms with van der Waals surface area (Å²) in [6, 6.07) is 0.628. The Labute approximate surface area is 154 Å². The van der Waals surface area contributed by atoms with Gasteiger partial charge in [0.2, 0.25) is 5.91 Å². The van der Waals surface area contributed by atoms with Crippen molar-refractivity contribution in [2.24, 2.45) is 0 Å². The van der Waals surface area contributed by atoms with Crippen molar-refractivity contribution in [2.45, 2.75) is 38.8 Å². The second-order valence-corrected chi connectivity index (χ2v) is 6.40. The molecule has 1 aromatic rings. The van der Waals surface area contributed by atoms with Gasteiger partial charge in [-0.3, -0.25) is 19.8 Å². The molecule has 2 atom stereocenters. The van der Waals surface area contributed by atoms with Crippen LogP contribution in [0.15, 0.2) is 18.2 Å². The van der Waals surface area contributed by atoms with Gasteiger partial charge in [0.25, 0.3) is 5.91 Å². The first-order chi connectivity index (χ1) is 12.6. The maximum Gasteiger partial charge on any atom is 0.325 e. The molecule has 1 saturated heterocycles. The molecule has 0 unspecified atom stereocenters. The number of hydrogen-bond donors (Lipinski definition) is 3. The summed E-state index contributed by atoms with van der Waals surface area (Å²) in [5, 5.41) is 6.77. The van der Waals surface area contributed by atoms with E-state index in [0.717, 1.165) is 18.2 Å². The minimum Gasteiger partial charge on any atom is -0.335 e. The molecule has 6 amide bonds. The normalized spacial score (nSPS) is 20.3. The minimum absolute atomic E-state index is 0.172. The third-order valence-corrected chi connectivity index (χ3v) is 4.29. The summed E-state index contributed by atoms with van der Waals surface area (Å²) in [5.74, 6) is -3.50. The fraction of sp³-hybridized carbons (Fsp3) is 0.412. The van der Waals surface area contributed by atoms with Crippen molar-refractivity contribution in [3.63, 3.8) is 0 Å². The third kappa shape index (κ3) is 4.21. The predicted octanol–water partition coefficient (Wildman–Crippen LogP) is 1.36. The van der Waals surface area contributed by atoms with Crippen molar-refractivity contribution in [3.05, 3.63) is 35.4 Å². The lowest BCUT2D eigenvalue weighted by Gasteiger charge is -2.22. The van der Waals surface area contributed by atoms with Gasteiger partial charge in [0.05, 0.1) is 0 Å². The van der Waals surface area contributed by atoms with Crippen molar-refractivity contribution >= 4 is 23.9 Å². The van der Waals surface area contributed by atoms with Crippen LogP contribution >= 0.6 is 0 Å². The molecule has 0 radical (unpaired) electrons. The van der Waals surface area contributed by atoms with E-state index in [1.807, 2.05) is 12.2 Å². The van der Waals surface area contributed by atoms with E-state index in [2.05, 4.69) is 10.6 Å². The number of carbonyl (C=O) groups excluding carboxylic acids is 4. The van der Waals surface area contributed by atoms with Crippen molar-refractivity contribution in [2.75, 3.05) is 6.54 Å². The zero-order valence-electron chi connectivity index (χ0n) is 15.1. The summed E-state index contributed by atoms with van der Waals surface area (Å²) in [6.45, 7) is 4.04. The molecule has 1 aliphatic rings. The lowest BCUT2D eigenvalue weighted by molar-refractivity contribution is -0.134. The number of amides is 6. The minimum atomic E-state index is -1.87. The smallest absolute Gasteiger partial charge is 0.325 e. The Balaban J connectivity index is 2.13. The molecule has 0 saturated carbocycles. The predicted molar refractivity (Wildman–Crippen MR) is 90.4 cm³/mol. The summed E-state index contributed by atoms with van der Waals surface area (Å²) in [7, 11) is 0. The van der Waals surface area contributed by atoms with Crippen LogP contribution in [0.3, 0.4) is 0 Å². The highest BCUT2D eigenvalue weighted by Crippen LogP contribution is 2.31. The zero-order valence-corrected chi connectivity index (χ0v) is 15.1. The molecule has 8 nitrogen and oxygen atoms in total. The Morgan fingerprint density at radius 2 is 1.96 bits per heavy atom. The first-order valence-corrected chi connectivity index (χ1v) is 8.28. The highest BCUT2D eigenvalue weighted by atomic mass is 19.1. The molecule has 1 aliphatic heterocycles. The van der Waals surface area contributed by atoms with Gasteiger partial charge in [-0.15, -0.1) is 0 Å². The number of imide groups is 2. The number of nitrogens with zero attached hydrogens (tertiary/aromatic N) is 1. The van der Waals surface area contributed by atoms with E-state index in [0.29, 0.717) is 11.3 Å². The Bertz CT molecular complexity index is 801. The molecule has 3 N–H and O–H groups in total. The van der Waals surface area contributed by atoms with Crippen LogP contribution < -0.4 is 16.0 Å². The number of nitrogens with one attached hydrogen (secondary N) is 3. The van der Waals surface area contributed by atoms with Gasteiger partial charge in [-0.25, -0.2) is 18.4 Å². The van der Waals surface area contributed by atoms with Gasteiger partial charge in [-0.05, 0) is 38.5 Å². The van der Waals surface area contributed by atoms with Crippen LogP contribution in [0, 0.1) is 11.6 Å². The monoisotopic (exact) mass is 382 g/mol. The molecule has 1 aromatic carbocycles. The van der Waals surface area contributed by atoms with E-state index in [4.69, 9.17) is 0 Å². The van der Waals surface area contributed by atoms with E-state index < -0.39 is 47.6 Å². The van der Waals surface area contributed by atoms with Gasteiger partial charge in [0, 0.05) is 11.6 Å². The van der Waals surface area contributed by atoms with E-state index in [9.17, 15) is 28.0 Å². The summed E-state index contributed by atoms with van der Waals surface area (Å²) < 4.78 is 27.5. The van der Waals surface area contributed by atoms with E-state index >= 15 is 0 Å². The lowest BCUT2D eigenvalue weighted by atomic mass is 9.91. The van der Waals surface area contributed by atoms with Gasteiger partial charge >= 0.3 is 12.1 Å². The standard InChI is InChI=1S/C17H20F2N4O4/c1-4-9(2)20-15(26)21-13(24)8-23-14(25)17(3,22-16(23)27)11-7-10(18)5-6-12(11)19/h5-7,9H,4,8H2,1-3H3,(H,22,27)(H2,20,21,24,26)/t9-,17+/m1/s1. The van der Waals surface area contributed by atoms with Crippen LogP contribution in [0.5, 0.6) is 0 Å². The number of benzene rings is 1. The number of carbonyl (C=O) groups is 4. The highest BCUT2D eigenvalue weighted by Gasteiger charge is 2.50. The summed E-state index contributed by atoms with van der Waals surface area (Å²) >= 11 is 0. The van der Waals surface area contributed by atoms with Gasteiger partial charge in [0.15, 0.2) is 0 Å². The van der Waals surface area contributed by atoms with Crippen LogP contribution in [0.1, 0.15) is 32.8 Å². The molecule has 0 spiro atoms. The molecule has 27 heavy (non-hydrogen) atoms. The lowest BCUT2D eigenvalue weighted by Crippen LogP contribution is -2.48. The zero-order chi connectivity index (χ0) is 20.4. The maximum absolute atomic E-state index is 14.1. The van der Waals surface area contributed by atoms with Crippen LogP contribution in [0.2, 0.25) is 0 Å². The van der Waals surface area contributed by atoms with Gasteiger partial charge in [-0.2, -0.15) is 0 Å². The summed E-state index contributed by atoms with van der Waals surface area (Å²) in [4.78, 5) is 48.9. The summed E-state index contributed by atoms with van der Waals surface area (Å²) in [5.41, 5.74) is -2.24. The highest BCUT2D eigenvalue weighted by molar-refractivity contribution is 6.10. The average molecular weight is 382 g/mol. The van der Waals surface area contributed by atoms with E-state index in [1.54, 1.807) is 6.92 Å². The fourth-order valence-electron chi connectivity index (χ4n) is 2.58. The van der Waals surface area contributed by atoms with Crippen LogP contribution in [-0.4, -0.2) is 41.4 Å². The number of rotatable bonds is 5. The van der Waals surface area contributed by atoms with E-state index in [1.165, 1.54) is 6.92 Å². The number of halogens is 2. The number of urea groups is 2. The SMILES string of the molecule is CC[C@@H](C)NC(=O)NC(=O)CN1C(=O)N[C@@](C)(c2cc(F)ccc2F)C1=O. The molecule has 1 fully saturated rings. The molecule has 10 heteroatoms. The Morgan fingerprint density at radius 1 is 1.30 bits per heavy atom. The Morgan fingerprint density at radius 3 is 2.59 bits per heavy atom. The van der Waals surface area contributed by atoms with Gasteiger partial charge < -0.3 is 10.6 Å². The second-order valence-electron chi connectivity index (χ2n) is 6.40. The topological polar surface area (TPSA) is 108 Å². The molecular formula is C17H20F2N4O4. The molecule has 0 aliphatic carbocycles. The quantitative estimate of drug-likeness (QED) is 0.668. The van der Waals surface area contributed by atoms with Crippen molar-refractivity contribution in [3.8, 4) is 0 Å². The molecule has 1 heterocycles. The second kappa shape index (κ2) is 7.68. The average Bonchev–Trinajstić information content (AvgIpc) is 2.80. The Kier molecular flexibility index (Phi) is 5.77.